The van der Waals surface area contributed by atoms with Crippen LogP contribution >= 0.6 is 0 Å². The van der Waals surface area contributed by atoms with Crippen LogP contribution in [0.4, 0.5) is 0 Å². The van der Waals surface area contributed by atoms with E-state index in [1.807, 2.05) is 6.07 Å². The zero-order valence-electron chi connectivity index (χ0n) is 21.7. The van der Waals surface area contributed by atoms with Gasteiger partial charge in [0.1, 0.15) is 17.2 Å². The Kier molecular flexibility index (Phi) is 5.88. The zero-order chi connectivity index (χ0) is 24.9. The monoisotopic (exact) mass is 482 g/mol. The molecule has 0 radical (unpaired) electrons. The Bertz CT molecular complexity index is 1420. The number of ether oxygens (including phenoxy) is 2. The van der Waals surface area contributed by atoms with E-state index >= 15 is 0 Å². The summed E-state index contributed by atoms with van der Waals surface area (Å²) in [7, 11) is 2.04. The van der Waals surface area contributed by atoms with Crippen LogP contribution in [0.3, 0.4) is 0 Å². The molecule has 0 aromatic heterocycles. The molecule has 0 N–H and O–H groups in total. The topological polar surface area (TPSA) is 27.7 Å². The van der Waals surface area contributed by atoms with Crippen molar-refractivity contribution in [1.29, 1.82) is 0 Å². The second kappa shape index (κ2) is 8.76. The van der Waals surface area contributed by atoms with E-state index < -0.39 is 9.04 Å². The maximum atomic E-state index is 6.53. The fourth-order valence-electron chi connectivity index (χ4n) is 5.03. The van der Waals surface area contributed by atoms with E-state index in [4.69, 9.17) is 13.9 Å². The molecular weight excluding hydrogens is 448 g/mol. The number of benzene rings is 4. The van der Waals surface area contributed by atoms with Gasteiger partial charge in [-0.05, 0) is 98.2 Å². The second-order valence-electron chi connectivity index (χ2n) is 10.6. The van der Waals surface area contributed by atoms with Gasteiger partial charge < -0.3 is 13.9 Å². The van der Waals surface area contributed by atoms with E-state index in [9.17, 15) is 0 Å². The van der Waals surface area contributed by atoms with Gasteiger partial charge in [0.2, 0.25) is 9.04 Å². The van der Waals surface area contributed by atoms with Crippen LogP contribution in [0.15, 0.2) is 66.7 Å². The molecule has 0 aliphatic heterocycles. The molecule has 0 spiro atoms. The fourth-order valence-corrected chi connectivity index (χ4v) is 5.94. The molecule has 2 unspecified atom stereocenters. The van der Waals surface area contributed by atoms with Crippen molar-refractivity contribution in [2.45, 2.75) is 45.2 Å². The van der Waals surface area contributed by atoms with E-state index in [1.165, 1.54) is 44.2 Å². The van der Waals surface area contributed by atoms with Crippen molar-refractivity contribution in [3.05, 3.63) is 77.9 Å². The van der Waals surface area contributed by atoms with Crippen molar-refractivity contribution in [3.63, 3.8) is 0 Å². The van der Waals surface area contributed by atoms with Crippen LogP contribution < -0.4 is 13.9 Å². The molecule has 0 fully saturated rings. The van der Waals surface area contributed by atoms with Gasteiger partial charge >= 0.3 is 0 Å². The lowest BCUT2D eigenvalue weighted by atomic mass is 9.86. The van der Waals surface area contributed by atoms with Crippen molar-refractivity contribution in [2.75, 3.05) is 14.2 Å². The summed E-state index contributed by atoms with van der Waals surface area (Å²) in [6.45, 7) is 11.4. The lowest BCUT2D eigenvalue weighted by molar-refractivity contribution is 0.414. The summed E-state index contributed by atoms with van der Waals surface area (Å²) in [6, 6.07) is 23.8. The van der Waals surface area contributed by atoms with Crippen LogP contribution in [0.25, 0.3) is 33.0 Å². The molecule has 5 rings (SSSR count). The molecule has 0 amide bonds. The Balaban J connectivity index is 1.75. The van der Waals surface area contributed by atoms with Gasteiger partial charge in [-0.15, -0.1) is 0 Å². The van der Waals surface area contributed by atoms with Crippen LogP contribution in [0.2, 0.25) is 11.6 Å². The molecule has 4 heteroatoms. The minimum atomic E-state index is -1.42. The first kappa shape index (κ1) is 23.5. The van der Waals surface area contributed by atoms with Crippen molar-refractivity contribution < 1.29 is 13.9 Å². The van der Waals surface area contributed by atoms with E-state index in [1.54, 1.807) is 14.2 Å². The first-order valence-corrected chi connectivity index (χ1v) is 14.5. The fraction of sp³-hybridized carbons (Fsp3) is 0.290. The van der Waals surface area contributed by atoms with Gasteiger partial charge in [0.15, 0.2) is 0 Å². The average molecular weight is 483 g/mol. The minimum Gasteiger partial charge on any atom is -0.546 e. The zero-order valence-corrected chi connectivity index (χ0v) is 22.9. The highest BCUT2D eigenvalue weighted by atomic mass is 28.3. The minimum absolute atomic E-state index is 0.194. The molecule has 2 atom stereocenters. The number of hydrogen-bond acceptors (Lipinski definition) is 3. The van der Waals surface area contributed by atoms with E-state index in [0.29, 0.717) is 0 Å². The molecule has 0 saturated heterocycles. The summed E-state index contributed by atoms with van der Waals surface area (Å²) in [4.78, 5) is 0. The molecule has 1 aliphatic rings. The molecule has 0 saturated carbocycles. The maximum absolute atomic E-state index is 6.53. The summed E-state index contributed by atoms with van der Waals surface area (Å²) >= 11 is 0. The molecule has 3 nitrogen and oxygen atoms in total. The van der Waals surface area contributed by atoms with Gasteiger partial charge in [-0.3, -0.25) is 0 Å². The molecular formula is C31H34O3Si. The Morgan fingerprint density at radius 3 is 2.20 bits per heavy atom. The average Bonchev–Trinajstić information content (AvgIpc) is 3.12. The van der Waals surface area contributed by atoms with Crippen molar-refractivity contribution in [2.24, 2.45) is 0 Å². The first-order valence-electron chi connectivity index (χ1n) is 12.3. The third-order valence-corrected chi connectivity index (χ3v) is 10.6. The lowest BCUT2D eigenvalue weighted by Gasteiger charge is -2.26. The first-order chi connectivity index (χ1) is 16.7. The van der Waals surface area contributed by atoms with Gasteiger partial charge in [-0.2, -0.15) is 0 Å². The summed E-state index contributed by atoms with van der Waals surface area (Å²) < 4.78 is 17.7. The Morgan fingerprint density at radius 1 is 0.771 bits per heavy atom. The van der Waals surface area contributed by atoms with Crippen LogP contribution in [0.1, 0.15) is 44.7 Å². The SMILES string of the molecule is COc1ccc2c(c1)C(C)c1c-2cc2ccc(OC)cc2c1-c1cccc(O[SiH](C)C(C)(C)C)c1. The molecule has 0 heterocycles. The van der Waals surface area contributed by atoms with Crippen LogP contribution in [0.5, 0.6) is 17.2 Å². The third kappa shape index (κ3) is 4.10. The standard InChI is InChI=1S/C31H34O3Si/c1-19-26-17-23(33-6)13-14-25(26)28-16-20-11-12-22(32-5)18-27(20)30(29(19)28)21-9-8-10-24(15-21)34-35(7)31(2,3)4/h8-19,35H,1-7H3. The van der Waals surface area contributed by atoms with Crippen LogP contribution in [-0.4, -0.2) is 23.3 Å². The van der Waals surface area contributed by atoms with E-state index in [2.05, 4.69) is 94.9 Å². The van der Waals surface area contributed by atoms with Crippen molar-refractivity contribution in [3.8, 4) is 39.5 Å². The molecule has 1 aliphatic carbocycles. The van der Waals surface area contributed by atoms with Gasteiger partial charge in [-0.25, -0.2) is 0 Å². The summed E-state index contributed by atoms with van der Waals surface area (Å²) in [5, 5.41) is 2.60. The van der Waals surface area contributed by atoms with E-state index in [0.717, 1.165) is 17.2 Å². The van der Waals surface area contributed by atoms with Crippen LogP contribution in [-0.2, 0) is 0 Å². The normalized spacial score (nSPS) is 15.5. The molecule has 180 valence electrons. The predicted molar refractivity (Wildman–Crippen MR) is 149 cm³/mol. The third-order valence-electron chi connectivity index (χ3n) is 7.49. The quantitative estimate of drug-likeness (QED) is 0.268. The van der Waals surface area contributed by atoms with Crippen LogP contribution in [0, 0.1) is 0 Å². The number of rotatable bonds is 5. The number of methoxy groups -OCH3 is 2. The maximum Gasteiger partial charge on any atom is 0.237 e. The molecule has 0 bridgehead atoms. The summed E-state index contributed by atoms with van der Waals surface area (Å²) in [5.74, 6) is 2.96. The highest BCUT2D eigenvalue weighted by Gasteiger charge is 2.31. The Hall–Kier alpha value is -3.24. The number of hydrogen-bond donors (Lipinski definition) is 0. The Labute approximate surface area is 210 Å². The second-order valence-corrected chi connectivity index (χ2v) is 13.9. The molecule has 35 heavy (non-hydrogen) atoms. The van der Waals surface area contributed by atoms with Crippen molar-refractivity contribution in [1.82, 2.24) is 0 Å². The largest absolute Gasteiger partial charge is 0.546 e. The smallest absolute Gasteiger partial charge is 0.237 e. The van der Waals surface area contributed by atoms with Crippen molar-refractivity contribution >= 4 is 19.8 Å². The Morgan fingerprint density at radius 2 is 1.49 bits per heavy atom. The lowest BCUT2D eigenvalue weighted by Crippen LogP contribution is -2.28. The van der Waals surface area contributed by atoms with Gasteiger partial charge in [0.05, 0.1) is 14.2 Å². The van der Waals surface area contributed by atoms with Gasteiger partial charge in [0, 0.05) is 5.92 Å². The van der Waals surface area contributed by atoms with Gasteiger partial charge in [-0.1, -0.05) is 52.0 Å². The molecule has 4 aromatic rings. The highest BCUT2D eigenvalue weighted by Crippen LogP contribution is 2.52. The number of fused-ring (bicyclic) bond motifs is 4. The molecule has 4 aromatic carbocycles. The predicted octanol–water partition coefficient (Wildman–Crippen LogP) is 8.19. The van der Waals surface area contributed by atoms with Gasteiger partial charge in [0.25, 0.3) is 0 Å². The van der Waals surface area contributed by atoms with E-state index in [-0.39, 0.29) is 11.0 Å². The highest BCUT2D eigenvalue weighted by molar-refractivity contribution is 6.54. The summed E-state index contributed by atoms with van der Waals surface area (Å²) in [5.41, 5.74) is 7.69. The summed E-state index contributed by atoms with van der Waals surface area (Å²) in [6.07, 6.45) is 0.